The second kappa shape index (κ2) is 15.3. The Labute approximate surface area is 344 Å². The van der Waals surface area contributed by atoms with E-state index in [1.54, 1.807) is 12.1 Å². The van der Waals surface area contributed by atoms with E-state index in [1.807, 2.05) is 53.7 Å². The van der Waals surface area contributed by atoms with Crippen molar-refractivity contribution in [3.8, 4) is 0 Å². The van der Waals surface area contributed by atoms with Crippen LogP contribution in [0.3, 0.4) is 0 Å². The number of Topliss-reactive ketones (excluding diaryl/α,β-unsaturated/α-hetero) is 2. The van der Waals surface area contributed by atoms with Gasteiger partial charge in [-0.1, -0.05) is 135 Å². The van der Waals surface area contributed by atoms with Crippen molar-refractivity contribution < 1.29 is 28.8 Å². The van der Waals surface area contributed by atoms with Gasteiger partial charge in [0, 0.05) is 33.4 Å². The highest BCUT2D eigenvalue weighted by Crippen LogP contribution is 2.42. The molecule has 0 saturated carbocycles. The zero-order valence-corrected chi connectivity index (χ0v) is 35.1. The van der Waals surface area contributed by atoms with Crippen LogP contribution in [0.2, 0.25) is 0 Å². The SMILES string of the molecule is CC(C)(C)C1=CC(=O)c2c(ccc3c2[C@@H](NC(=O)C(Cl)(Cl)Cl)CCC3)C1=O.CC(C)(C)C1=CC(=O)c2c(ccc3c2[C@H](NC(=O)C(Cl)(Cl)Cl)CCC3)C1=O. The van der Waals surface area contributed by atoms with E-state index in [2.05, 4.69) is 10.6 Å². The van der Waals surface area contributed by atoms with Crippen LogP contribution in [0, 0.1) is 10.8 Å². The molecule has 8 nitrogen and oxygen atoms in total. The molecule has 0 aliphatic heterocycles. The number of hydrogen-bond donors (Lipinski definition) is 2. The fraction of sp³-hybridized carbons (Fsp3) is 0.450. The number of amides is 2. The molecule has 54 heavy (non-hydrogen) atoms. The van der Waals surface area contributed by atoms with E-state index in [0.717, 1.165) is 36.8 Å². The molecule has 0 heterocycles. The molecule has 4 aliphatic carbocycles. The summed E-state index contributed by atoms with van der Waals surface area (Å²) in [5.74, 6) is -2.25. The molecule has 2 N–H and O–H groups in total. The number of fused-ring (bicyclic) bond motifs is 6. The van der Waals surface area contributed by atoms with Crippen LogP contribution in [0.1, 0.15) is 143 Å². The van der Waals surface area contributed by atoms with Crippen LogP contribution in [0.4, 0.5) is 0 Å². The molecule has 4 aliphatic rings. The van der Waals surface area contributed by atoms with Gasteiger partial charge in [-0.25, -0.2) is 0 Å². The summed E-state index contributed by atoms with van der Waals surface area (Å²) in [6.45, 7) is 11.4. The fourth-order valence-corrected chi connectivity index (χ4v) is 7.79. The van der Waals surface area contributed by atoms with Gasteiger partial charge in [-0.05, 0) is 83.8 Å². The Morgan fingerprint density at radius 1 is 0.574 bits per heavy atom. The summed E-state index contributed by atoms with van der Waals surface area (Å²) in [5.41, 5.74) is 4.77. The standard InChI is InChI=1S/2C20H20Cl3NO3/c2*1-19(2,3)12-9-14(25)16-11(17(12)26)8-7-10-5-4-6-13(15(10)16)24-18(27)20(21,22)23/h2*7-9,13H,4-6H2,1-3H3,(H,24,27)/t2*13-/m10/s1. The third kappa shape index (κ3) is 8.64. The molecule has 6 rings (SSSR count). The lowest BCUT2D eigenvalue weighted by atomic mass is 9.73. The highest BCUT2D eigenvalue weighted by atomic mass is 35.6. The minimum absolute atomic E-state index is 0.156. The Balaban J connectivity index is 0.000000208. The fourth-order valence-electron chi connectivity index (χ4n) is 7.46. The summed E-state index contributed by atoms with van der Waals surface area (Å²) < 4.78 is -4.18. The van der Waals surface area contributed by atoms with Crippen LogP contribution in [-0.2, 0) is 22.4 Å². The molecular weight excluding hydrogens is 817 g/mol. The van der Waals surface area contributed by atoms with E-state index in [4.69, 9.17) is 69.6 Å². The van der Waals surface area contributed by atoms with Crippen molar-refractivity contribution in [3.05, 3.63) is 92.1 Å². The molecule has 0 fully saturated rings. The van der Waals surface area contributed by atoms with E-state index < -0.39 is 42.3 Å². The molecule has 0 aromatic heterocycles. The first-order valence-electron chi connectivity index (χ1n) is 17.5. The molecule has 2 amide bonds. The van der Waals surface area contributed by atoms with Crippen LogP contribution in [-0.4, -0.2) is 42.5 Å². The Morgan fingerprint density at radius 2 is 0.907 bits per heavy atom. The van der Waals surface area contributed by atoms with Gasteiger partial charge in [-0.15, -0.1) is 0 Å². The summed E-state index contributed by atoms with van der Waals surface area (Å²) in [4.78, 5) is 76.3. The van der Waals surface area contributed by atoms with Crippen LogP contribution in [0.25, 0.3) is 0 Å². The van der Waals surface area contributed by atoms with Crippen LogP contribution < -0.4 is 10.6 Å². The van der Waals surface area contributed by atoms with Gasteiger partial charge in [0.05, 0.1) is 12.1 Å². The van der Waals surface area contributed by atoms with Gasteiger partial charge >= 0.3 is 0 Å². The number of alkyl halides is 6. The predicted molar refractivity (Wildman–Crippen MR) is 214 cm³/mol. The number of ketones is 4. The number of hydrogen-bond acceptors (Lipinski definition) is 6. The van der Waals surface area contributed by atoms with E-state index >= 15 is 0 Å². The number of benzene rings is 2. The summed E-state index contributed by atoms with van der Waals surface area (Å²) in [5, 5.41) is 5.45. The van der Waals surface area contributed by atoms with Crippen molar-refractivity contribution in [2.24, 2.45) is 10.8 Å². The molecular formula is C40H40Cl6N2O6. The Morgan fingerprint density at radius 3 is 1.20 bits per heavy atom. The molecule has 0 saturated heterocycles. The summed E-state index contributed by atoms with van der Waals surface area (Å²) in [6, 6.07) is 6.19. The summed E-state index contributed by atoms with van der Waals surface area (Å²) in [7, 11) is 0. The van der Waals surface area contributed by atoms with Gasteiger partial charge in [0.15, 0.2) is 23.1 Å². The molecule has 2 aromatic rings. The lowest BCUT2D eigenvalue weighted by Crippen LogP contribution is -2.39. The molecule has 2 aromatic carbocycles. The third-order valence-corrected chi connectivity index (χ3v) is 11.0. The second-order valence-electron chi connectivity index (χ2n) is 16.0. The predicted octanol–water partition coefficient (Wildman–Crippen LogP) is 9.80. The summed E-state index contributed by atoms with van der Waals surface area (Å²) >= 11 is 34.1. The van der Waals surface area contributed by atoms with Crippen LogP contribution in [0.5, 0.6) is 0 Å². The zero-order valence-electron chi connectivity index (χ0n) is 30.6. The number of rotatable bonds is 2. The van der Waals surface area contributed by atoms with Crippen molar-refractivity contribution in [2.45, 2.75) is 99.7 Å². The average Bonchev–Trinajstić information content (AvgIpc) is 3.05. The number of halogens is 6. The number of carbonyl (C=O) groups is 6. The number of aryl methyl sites for hydroxylation is 2. The van der Waals surface area contributed by atoms with Gasteiger partial charge in [0.2, 0.25) is 0 Å². The maximum absolute atomic E-state index is 13.0. The Bertz CT molecular complexity index is 1900. The quantitative estimate of drug-likeness (QED) is 0.290. The number of allylic oxidation sites excluding steroid dienone is 4. The lowest BCUT2D eigenvalue weighted by molar-refractivity contribution is -0.121. The lowest BCUT2D eigenvalue weighted by Gasteiger charge is -2.32. The van der Waals surface area contributed by atoms with Crippen LogP contribution in [0.15, 0.2) is 47.6 Å². The molecule has 0 unspecified atom stereocenters. The Hall–Kier alpha value is -2.72. The zero-order chi connectivity index (χ0) is 40.3. The molecule has 288 valence electrons. The molecule has 2 atom stereocenters. The molecule has 0 bridgehead atoms. The first-order chi connectivity index (χ1) is 24.8. The van der Waals surface area contributed by atoms with Crippen molar-refractivity contribution in [2.75, 3.05) is 0 Å². The second-order valence-corrected chi connectivity index (χ2v) is 20.5. The molecule has 14 heteroatoms. The first-order valence-corrected chi connectivity index (χ1v) is 19.8. The van der Waals surface area contributed by atoms with Gasteiger partial charge in [-0.2, -0.15) is 0 Å². The number of carbonyl (C=O) groups excluding carboxylic acids is 6. The van der Waals surface area contributed by atoms with Gasteiger partial charge < -0.3 is 10.6 Å². The molecule has 0 radical (unpaired) electrons. The summed E-state index contributed by atoms with van der Waals surface area (Å²) in [6.07, 6.45) is 7.23. The highest BCUT2D eigenvalue weighted by molar-refractivity contribution is 6.76. The topological polar surface area (TPSA) is 126 Å². The maximum atomic E-state index is 13.0. The van der Waals surface area contributed by atoms with Crippen LogP contribution >= 0.6 is 69.6 Å². The van der Waals surface area contributed by atoms with Crippen molar-refractivity contribution >= 4 is 105 Å². The Kier molecular flexibility index (Phi) is 12.0. The van der Waals surface area contributed by atoms with E-state index in [0.29, 0.717) is 57.4 Å². The smallest absolute Gasteiger partial charge is 0.272 e. The van der Waals surface area contributed by atoms with Gasteiger partial charge in [-0.3, -0.25) is 28.8 Å². The van der Waals surface area contributed by atoms with Gasteiger partial charge in [0.25, 0.3) is 19.4 Å². The normalized spacial score (nSPS) is 19.9. The largest absolute Gasteiger partial charge is 0.346 e. The number of nitrogens with one attached hydrogen (secondary N) is 2. The minimum Gasteiger partial charge on any atom is -0.346 e. The average molecular weight is 857 g/mol. The van der Waals surface area contributed by atoms with Crippen molar-refractivity contribution in [1.82, 2.24) is 10.6 Å². The van der Waals surface area contributed by atoms with Crippen molar-refractivity contribution in [1.29, 1.82) is 0 Å². The molecule has 0 spiro atoms. The van der Waals surface area contributed by atoms with Gasteiger partial charge in [0.1, 0.15) is 0 Å². The van der Waals surface area contributed by atoms with E-state index in [9.17, 15) is 28.8 Å². The van der Waals surface area contributed by atoms with E-state index in [-0.39, 0.29) is 23.1 Å². The highest BCUT2D eigenvalue weighted by Gasteiger charge is 2.41. The monoisotopic (exact) mass is 854 g/mol. The van der Waals surface area contributed by atoms with E-state index in [1.165, 1.54) is 12.2 Å². The first kappa shape index (κ1) is 42.4. The third-order valence-electron chi connectivity index (χ3n) is 10.0. The van der Waals surface area contributed by atoms with Crippen molar-refractivity contribution in [3.63, 3.8) is 0 Å². The maximum Gasteiger partial charge on any atom is 0.272 e. The minimum atomic E-state index is -2.09.